The van der Waals surface area contributed by atoms with Crippen LogP contribution in [0.5, 0.6) is 0 Å². The van der Waals surface area contributed by atoms with E-state index in [1.165, 1.54) is 6.42 Å². The summed E-state index contributed by atoms with van der Waals surface area (Å²) in [6.45, 7) is 0.511. The highest BCUT2D eigenvalue weighted by Crippen LogP contribution is 2.27. The molecule has 5 nitrogen and oxygen atoms in total. The minimum atomic E-state index is -0.209. The number of carbonyl (C=O) groups is 1. The van der Waals surface area contributed by atoms with Crippen LogP contribution >= 0.6 is 0 Å². The van der Waals surface area contributed by atoms with Gasteiger partial charge in [-0.15, -0.1) is 0 Å². The summed E-state index contributed by atoms with van der Waals surface area (Å²) in [6.07, 6.45) is 8.70. The number of imidazole rings is 1. The van der Waals surface area contributed by atoms with Gasteiger partial charge in [0.1, 0.15) is 5.69 Å². The number of hydrogen-bond acceptors (Lipinski definition) is 3. The molecule has 1 aromatic heterocycles. The molecule has 1 saturated carbocycles. The third kappa shape index (κ3) is 2.49. The van der Waals surface area contributed by atoms with Crippen molar-refractivity contribution in [3.8, 4) is 0 Å². The summed E-state index contributed by atoms with van der Waals surface area (Å²) in [6, 6.07) is 0. The molecule has 1 aromatic rings. The molecule has 0 spiro atoms. The molecule has 0 aliphatic heterocycles. The highest BCUT2D eigenvalue weighted by Gasteiger charge is 2.32. The van der Waals surface area contributed by atoms with Crippen LogP contribution in [-0.4, -0.2) is 27.5 Å². The number of carbonyl (C=O) groups excluding carboxylic acids is 1. The van der Waals surface area contributed by atoms with E-state index in [1.54, 1.807) is 17.1 Å². The summed E-state index contributed by atoms with van der Waals surface area (Å²) in [5.74, 6) is -0.0719. The molecular formula is C12H20N4O. The molecule has 1 aliphatic carbocycles. The first-order chi connectivity index (χ1) is 8.17. The van der Waals surface area contributed by atoms with Crippen molar-refractivity contribution in [3.63, 3.8) is 0 Å². The molecule has 0 saturated heterocycles. The fraction of sp³-hybridized carbons (Fsp3) is 0.667. The van der Waals surface area contributed by atoms with E-state index in [0.717, 1.165) is 25.7 Å². The number of rotatable bonds is 3. The molecule has 0 unspecified atom stereocenters. The maximum atomic E-state index is 12.1. The molecule has 2 rings (SSSR count). The average Bonchev–Trinajstić information content (AvgIpc) is 2.77. The van der Waals surface area contributed by atoms with Gasteiger partial charge in [-0.2, -0.15) is 0 Å². The van der Waals surface area contributed by atoms with E-state index in [2.05, 4.69) is 10.3 Å². The third-order valence-electron chi connectivity index (χ3n) is 3.63. The van der Waals surface area contributed by atoms with Crippen molar-refractivity contribution in [2.75, 3.05) is 6.54 Å². The highest BCUT2D eigenvalue weighted by atomic mass is 16.2. The van der Waals surface area contributed by atoms with Gasteiger partial charge in [0.25, 0.3) is 5.91 Å². The Kier molecular flexibility index (Phi) is 3.47. The smallest absolute Gasteiger partial charge is 0.270 e. The van der Waals surface area contributed by atoms with Gasteiger partial charge in [0, 0.05) is 13.6 Å². The monoisotopic (exact) mass is 236 g/mol. The van der Waals surface area contributed by atoms with Crippen LogP contribution in [-0.2, 0) is 7.05 Å². The molecule has 1 aliphatic rings. The van der Waals surface area contributed by atoms with Gasteiger partial charge in [-0.25, -0.2) is 4.98 Å². The van der Waals surface area contributed by atoms with Crippen molar-refractivity contribution in [1.29, 1.82) is 0 Å². The molecular weight excluding hydrogens is 216 g/mol. The number of nitrogens with zero attached hydrogens (tertiary/aromatic N) is 2. The molecule has 0 atom stereocenters. The lowest BCUT2D eigenvalue weighted by molar-refractivity contribution is 0.0866. The predicted molar refractivity (Wildman–Crippen MR) is 65.5 cm³/mol. The van der Waals surface area contributed by atoms with Crippen molar-refractivity contribution in [2.45, 2.75) is 37.6 Å². The quantitative estimate of drug-likeness (QED) is 0.815. The number of hydrogen-bond donors (Lipinski definition) is 2. The Bertz CT molecular complexity index is 393. The maximum Gasteiger partial charge on any atom is 0.270 e. The number of nitrogens with two attached hydrogens (primary N) is 1. The zero-order valence-electron chi connectivity index (χ0n) is 10.3. The summed E-state index contributed by atoms with van der Waals surface area (Å²) in [5, 5.41) is 3.10. The van der Waals surface area contributed by atoms with Gasteiger partial charge < -0.3 is 15.6 Å². The van der Waals surface area contributed by atoms with Crippen LogP contribution in [0, 0.1) is 0 Å². The standard InChI is InChI=1S/C12H20N4O/c1-16-9-14-7-10(16)11(17)15-12(8-13)5-3-2-4-6-12/h7,9H,2-6,8,13H2,1H3,(H,15,17). The largest absolute Gasteiger partial charge is 0.344 e. The van der Waals surface area contributed by atoms with Crippen molar-refractivity contribution >= 4 is 5.91 Å². The van der Waals surface area contributed by atoms with Gasteiger partial charge in [0.05, 0.1) is 18.1 Å². The second-order valence-corrected chi connectivity index (χ2v) is 4.89. The Morgan fingerprint density at radius 3 is 2.76 bits per heavy atom. The topological polar surface area (TPSA) is 72.9 Å². The van der Waals surface area contributed by atoms with Gasteiger partial charge in [-0.05, 0) is 12.8 Å². The van der Waals surface area contributed by atoms with Crippen LogP contribution in [0.1, 0.15) is 42.6 Å². The molecule has 0 radical (unpaired) electrons. The van der Waals surface area contributed by atoms with Crippen LogP contribution in [0.3, 0.4) is 0 Å². The summed E-state index contributed by atoms with van der Waals surface area (Å²) in [7, 11) is 1.82. The number of aromatic nitrogens is 2. The minimum Gasteiger partial charge on any atom is -0.344 e. The Labute approximate surface area is 101 Å². The molecule has 1 heterocycles. The fourth-order valence-corrected chi connectivity index (χ4v) is 2.49. The molecule has 17 heavy (non-hydrogen) atoms. The molecule has 1 amide bonds. The van der Waals surface area contributed by atoms with Crippen molar-refractivity contribution in [3.05, 3.63) is 18.2 Å². The van der Waals surface area contributed by atoms with E-state index in [9.17, 15) is 4.79 Å². The third-order valence-corrected chi connectivity index (χ3v) is 3.63. The average molecular weight is 236 g/mol. The number of amides is 1. The second-order valence-electron chi connectivity index (χ2n) is 4.89. The summed E-state index contributed by atoms with van der Waals surface area (Å²) in [4.78, 5) is 16.1. The zero-order valence-corrected chi connectivity index (χ0v) is 10.3. The van der Waals surface area contributed by atoms with E-state index in [-0.39, 0.29) is 11.4 Å². The fourth-order valence-electron chi connectivity index (χ4n) is 2.49. The van der Waals surface area contributed by atoms with Crippen LogP contribution in [0.25, 0.3) is 0 Å². The van der Waals surface area contributed by atoms with Crippen LogP contribution < -0.4 is 11.1 Å². The Morgan fingerprint density at radius 2 is 2.24 bits per heavy atom. The van der Waals surface area contributed by atoms with E-state index >= 15 is 0 Å². The lowest BCUT2D eigenvalue weighted by atomic mass is 9.81. The molecule has 0 aromatic carbocycles. The van der Waals surface area contributed by atoms with E-state index in [0.29, 0.717) is 12.2 Å². The predicted octanol–water partition coefficient (Wildman–Crippen LogP) is 0.811. The summed E-state index contributed by atoms with van der Waals surface area (Å²) >= 11 is 0. The van der Waals surface area contributed by atoms with Gasteiger partial charge in [0.2, 0.25) is 0 Å². The van der Waals surface area contributed by atoms with Crippen LogP contribution in [0.2, 0.25) is 0 Å². The molecule has 5 heteroatoms. The summed E-state index contributed by atoms with van der Waals surface area (Å²) < 4.78 is 1.72. The van der Waals surface area contributed by atoms with Gasteiger partial charge in [-0.3, -0.25) is 4.79 Å². The van der Waals surface area contributed by atoms with Gasteiger partial charge in [0.15, 0.2) is 0 Å². The van der Waals surface area contributed by atoms with E-state index < -0.39 is 0 Å². The first-order valence-electron chi connectivity index (χ1n) is 6.16. The lowest BCUT2D eigenvalue weighted by Gasteiger charge is -2.37. The molecule has 3 N–H and O–H groups in total. The summed E-state index contributed by atoms with van der Waals surface area (Å²) in [5.41, 5.74) is 6.22. The van der Waals surface area contributed by atoms with E-state index in [1.807, 2.05) is 7.05 Å². The first-order valence-corrected chi connectivity index (χ1v) is 6.16. The molecule has 94 valence electrons. The lowest BCUT2D eigenvalue weighted by Crippen LogP contribution is -2.55. The van der Waals surface area contributed by atoms with Crippen molar-refractivity contribution < 1.29 is 4.79 Å². The van der Waals surface area contributed by atoms with Crippen LogP contribution in [0.4, 0.5) is 0 Å². The molecule has 0 bridgehead atoms. The van der Waals surface area contributed by atoms with Crippen LogP contribution in [0.15, 0.2) is 12.5 Å². The van der Waals surface area contributed by atoms with E-state index in [4.69, 9.17) is 5.73 Å². The molecule has 1 fully saturated rings. The first kappa shape index (κ1) is 12.1. The maximum absolute atomic E-state index is 12.1. The Hall–Kier alpha value is -1.36. The zero-order chi connectivity index (χ0) is 12.3. The van der Waals surface area contributed by atoms with Crippen molar-refractivity contribution in [2.24, 2.45) is 12.8 Å². The number of aryl methyl sites for hydroxylation is 1. The Morgan fingerprint density at radius 1 is 1.53 bits per heavy atom. The Balaban J connectivity index is 2.08. The van der Waals surface area contributed by atoms with Gasteiger partial charge >= 0.3 is 0 Å². The number of nitrogens with one attached hydrogen (secondary N) is 1. The normalized spacial score (nSPS) is 18.9. The second kappa shape index (κ2) is 4.87. The van der Waals surface area contributed by atoms with Crippen molar-refractivity contribution in [1.82, 2.24) is 14.9 Å². The van der Waals surface area contributed by atoms with Gasteiger partial charge in [-0.1, -0.05) is 19.3 Å². The minimum absolute atomic E-state index is 0.0719. The SMILES string of the molecule is Cn1cncc1C(=O)NC1(CN)CCCCC1. The highest BCUT2D eigenvalue weighted by molar-refractivity contribution is 5.92.